The molecule has 0 saturated carbocycles. The summed E-state index contributed by atoms with van der Waals surface area (Å²) in [4.78, 5) is 28.2. The SMILES string of the molecule is CNC(=O)C1(Cc2ccccc2-c2cccc(C)c2)CCN(C(=O)c2cccc(OC)c2)C1. The maximum atomic E-state index is 13.2. The van der Waals surface area contributed by atoms with Crippen molar-refractivity contribution in [1.82, 2.24) is 10.2 Å². The summed E-state index contributed by atoms with van der Waals surface area (Å²) in [7, 11) is 3.25. The highest BCUT2D eigenvalue weighted by molar-refractivity contribution is 5.96. The summed E-state index contributed by atoms with van der Waals surface area (Å²) in [6.07, 6.45) is 1.18. The average Bonchev–Trinajstić information content (AvgIpc) is 3.28. The first-order valence-electron chi connectivity index (χ1n) is 11.3. The molecule has 0 radical (unpaired) electrons. The second-order valence-corrected chi connectivity index (χ2v) is 8.77. The Labute approximate surface area is 195 Å². The fraction of sp³-hybridized carbons (Fsp3) is 0.286. The molecule has 1 aliphatic heterocycles. The van der Waals surface area contributed by atoms with Gasteiger partial charge in [-0.15, -0.1) is 0 Å². The molecule has 1 fully saturated rings. The van der Waals surface area contributed by atoms with Gasteiger partial charge in [0, 0.05) is 25.7 Å². The zero-order chi connectivity index (χ0) is 23.4. The van der Waals surface area contributed by atoms with Crippen LogP contribution in [0.4, 0.5) is 0 Å². The van der Waals surface area contributed by atoms with Crippen LogP contribution in [0.5, 0.6) is 5.75 Å². The van der Waals surface area contributed by atoms with E-state index in [1.807, 2.05) is 24.3 Å². The van der Waals surface area contributed by atoms with Crippen LogP contribution >= 0.6 is 0 Å². The molecule has 0 bridgehead atoms. The number of carbonyl (C=O) groups is 2. The van der Waals surface area contributed by atoms with Crippen molar-refractivity contribution in [3.8, 4) is 16.9 Å². The van der Waals surface area contributed by atoms with E-state index >= 15 is 0 Å². The largest absolute Gasteiger partial charge is 0.497 e. The van der Waals surface area contributed by atoms with Crippen LogP contribution in [0.2, 0.25) is 0 Å². The first-order chi connectivity index (χ1) is 16.0. The molecule has 3 aromatic rings. The topological polar surface area (TPSA) is 58.6 Å². The molecule has 5 nitrogen and oxygen atoms in total. The van der Waals surface area contributed by atoms with E-state index in [2.05, 4.69) is 48.6 Å². The van der Waals surface area contributed by atoms with Gasteiger partial charge in [0.1, 0.15) is 5.75 Å². The molecule has 4 rings (SSSR count). The number of benzene rings is 3. The maximum absolute atomic E-state index is 13.2. The van der Waals surface area contributed by atoms with Gasteiger partial charge in [-0.25, -0.2) is 0 Å². The van der Waals surface area contributed by atoms with Gasteiger partial charge in [0.15, 0.2) is 0 Å². The van der Waals surface area contributed by atoms with E-state index in [1.54, 1.807) is 31.2 Å². The number of rotatable bonds is 6. The van der Waals surface area contributed by atoms with E-state index in [1.165, 1.54) is 5.56 Å². The molecule has 1 aliphatic rings. The number of nitrogens with zero attached hydrogens (tertiary/aromatic N) is 1. The van der Waals surface area contributed by atoms with Crippen LogP contribution in [0.25, 0.3) is 11.1 Å². The number of nitrogens with one attached hydrogen (secondary N) is 1. The van der Waals surface area contributed by atoms with Crippen LogP contribution in [0.3, 0.4) is 0 Å². The van der Waals surface area contributed by atoms with Crippen molar-refractivity contribution in [2.24, 2.45) is 5.41 Å². The molecule has 5 heteroatoms. The molecule has 0 aromatic heterocycles. The van der Waals surface area contributed by atoms with Crippen molar-refractivity contribution < 1.29 is 14.3 Å². The van der Waals surface area contributed by atoms with Gasteiger partial charge in [-0.3, -0.25) is 9.59 Å². The van der Waals surface area contributed by atoms with Crippen molar-refractivity contribution in [3.63, 3.8) is 0 Å². The van der Waals surface area contributed by atoms with E-state index in [4.69, 9.17) is 4.74 Å². The lowest BCUT2D eigenvalue weighted by Gasteiger charge is -2.29. The lowest BCUT2D eigenvalue weighted by molar-refractivity contribution is -0.129. The van der Waals surface area contributed by atoms with Crippen LogP contribution in [0.15, 0.2) is 72.8 Å². The van der Waals surface area contributed by atoms with Crippen molar-refractivity contribution in [2.45, 2.75) is 19.8 Å². The Morgan fingerprint density at radius 2 is 1.82 bits per heavy atom. The molecule has 2 amide bonds. The number of aryl methyl sites for hydroxylation is 1. The Bertz CT molecular complexity index is 1170. The van der Waals surface area contributed by atoms with Gasteiger partial charge >= 0.3 is 0 Å². The van der Waals surface area contributed by atoms with Gasteiger partial charge in [-0.1, -0.05) is 60.2 Å². The third kappa shape index (κ3) is 4.63. The molecular formula is C28H30N2O3. The van der Waals surface area contributed by atoms with Gasteiger partial charge in [0.2, 0.25) is 5.91 Å². The minimum Gasteiger partial charge on any atom is -0.497 e. The van der Waals surface area contributed by atoms with Crippen LogP contribution in [-0.2, 0) is 11.2 Å². The predicted molar refractivity (Wildman–Crippen MR) is 130 cm³/mol. The standard InChI is InChI=1S/C28H30N2O3/c1-20-8-6-10-21(16-20)25-13-5-4-9-23(25)18-28(27(32)29-2)14-15-30(19-28)26(31)22-11-7-12-24(17-22)33-3/h4-13,16-17H,14-15,18-19H2,1-3H3,(H,29,32). The molecule has 0 aliphatic carbocycles. The smallest absolute Gasteiger partial charge is 0.254 e. The van der Waals surface area contributed by atoms with Gasteiger partial charge in [0.05, 0.1) is 12.5 Å². The highest BCUT2D eigenvalue weighted by Gasteiger charge is 2.46. The number of likely N-dealkylation sites (tertiary alicyclic amines) is 1. The third-order valence-corrected chi connectivity index (χ3v) is 6.54. The molecule has 0 spiro atoms. The number of ether oxygens (including phenoxy) is 1. The highest BCUT2D eigenvalue weighted by atomic mass is 16.5. The molecule has 170 valence electrons. The first-order valence-corrected chi connectivity index (χ1v) is 11.3. The minimum absolute atomic E-state index is 0.0255. The highest BCUT2D eigenvalue weighted by Crippen LogP contribution is 2.38. The number of hydrogen-bond acceptors (Lipinski definition) is 3. The molecule has 1 unspecified atom stereocenters. The van der Waals surface area contributed by atoms with Crippen LogP contribution in [-0.4, -0.2) is 44.0 Å². The van der Waals surface area contributed by atoms with Crippen molar-refractivity contribution in [1.29, 1.82) is 0 Å². The summed E-state index contributed by atoms with van der Waals surface area (Å²) in [5.41, 5.74) is 4.47. The zero-order valence-corrected chi connectivity index (χ0v) is 19.4. The second kappa shape index (κ2) is 9.49. The van der Waals surface area contributed by atoms with Crippen LogP contribution < -0.4 is 10.1 Å². The van der Waals surface area contributed by atoms with E-state index in [-0.39, 0.29) is 11.8 Å². The monoisotopic (exact) mass is 442 g/mol. The molecule has 1 N–H and O–H groups in total. The summed E-state index contributed by atoms with van der Waals surface area (Å²) in [5, 5.41) is 2.86. The maximum Gasteiger partial charge on any atom is 0.254 e. The fourth-order valence-corrected chi connectivity index (χ4v) is 4.79. The number of carbonyl (C=O) groups excluding carboxylic acids is 2. The van der Waals surface area contributed by atoms with Gasteiger partial charge in [-0.05, 0) is 54.7 Å². The number of amides is 2. The Balaban J connectivity index is 1.64. The van der Waals surface area contributed by atoms with E-state index < -0.39 is 5.41 Å². The first kappa shape index (κ1) is 22.6. The van der Waals surface area contributed by atoms with Gasteiger partial charge in [0.25, 0.3) is 5.91 Å². The van der Waals surface area contributed by atoms with Crippen LogP contribution in [0, 0.1) is 12.3 Å². The van der Waals surface area contributed by atoms with Gasteiger partial charge in [-0.2, -0.15) is 0 Å². The van der Waals surface area contributed by atoms with Crippen molar-refractivity contribution in [2.75, 3.05) is 27.2 Å². The van der Waals surface area contributed by atoms with Gasteiger partial charge < -0.3 is 15.0 Å². The third-order valence-electron chi connectivity index (χ3n) is 6.54. The Morgan fingerprint density at radius 1 is 1.03 bits per heavy atom. The summed E-state index contributed by atoms with van der Waals surface area (Å²) >= 11 is 0. The Hall–Kier alpha value is -3.60. The van der Waals surface area contributed by atoms with E-state index in [9.17, 15) is 9.59 Å². The summed E-state index contributed by atoms with van der Waals surface area (Å²) in [5.74, 6) is 0.541. The molecule has 1 heterocycles. The lowest BCUT2D eigenvalue weighted by atomic mass is 9.78. The van der Waals surface area contributed by atoms with Crippen LogP contribution in [0.1, 0.15) is 27.9 Å². The lowest BCUT2D eigenvalue weighted by Crippen LogP contribution is -2.44. The molecule has 1 saturated heterocycles. The molecule has 3 aromatic carbocycles. The summed E-state index contributed by atoms with van der Waals surface area (Å²) in [6, 6.07) is 23.8. The number of methoxy groups -OCH3 is 1. The summed E-state index contributed by atoms with van der Waals surface area (Å²) < 4.78 is 5.27. The minimum atomic E-state index is -0.677. The zero-order valence-electron chi connectivity index (χ0n) is 19.4. The number of hydrogen-bond donors (Lipinski definition) is 1. The predicted octanol–water partition coefficient (Wildman–Crippen LogP) is 4.49. The second-order valence-electron chi connectivity index (χ2n) is 8.77. The average molecular weight is 443 g/mol. The van der Waals surface area contributed by atoms with Crippen molar-refractivity contribution >= 4 is 11.8 Å². The molecular weight excluding hydrogens is 412 g/mol. The Morgan fingerprint density at radius 3 is 2.58 bits per heavy atom. The molecule has 1 atom stereocenters. The van der Waals surface area contributed by atoms with E-state index in [0.717, 1.165) is 16.7 Å². The fourth-order valence-electron chi connectivity index (χ4n) is 4.79. The van der Waals surface area contributed by atoms with Crippen molar-refractivity contribution in [3.05, 3.63) is 89.5 Å². The van der Waals surface area contributed by atoms with E-state index in [0.29, 0.717) is 37.2 Å². The molecule has 33 heavy (non-hydrogen) atoms. The summed E-state index contributed by atoms with van der Waals surface area (Å²) in [6.45, 7) is 3.00. The quantitative estimate of drug-likeness (QED) is 0.612. The Kier molecular flexibility index (Phi) is 6.50. The normalized spacial score (nSPS) is 17.6.